The molecule has 1 aliphatic heterocycles. The highest BCUT2D eigenvalue weighted by Gasteiger charge is 2.35. The van der Waals surface area contributed by atoms with E-state index >= 15 is 0 Å². The lowest BCUT2D eigenvalue weighted by atomic mass is 10.3. The number of nitrogens with one attached hydrogen (secondary N) is 1. The minimum atomic E-state index is -0.148. The van der Waals surface area contributed by atoms with Gasteiger partial charge in [-0.3, -0.25) is 4.79 Å². The second-order valence-electron chi connectivity index (χ2n) is 5.43. The van der Waals surface area contributed by atoms with Crippen LogP contribution in [0.5, 0.6) is 0 Å². The van der Waals surface area contributed by atoms with Crippen LogP contribution in [0.4, 0.5) is 10.1 Å². The molecule has 0 bridgehead atoms. The fourth-order valence-corrected chi connectivity index (χ4v) is 5.40. The van der Waals surface area contributed by atoms with E-state index in [0.717, 1.165) is 20.9 Å². The number of carbonyl (C=O) groups excluding carboxylic acids is 1. The molecule has 1 unspecified atom stereocenters. The van der Waals surface area contributed by atoms with Gasteiger partial charge in [0.2, 0.25) is 11.0 Å². The average molecular weight is 363 g/mol. The fourth-order valence-electron chi connectivity index (χ4n) is 2.40. The summed E-state index contributed by atoms with van der Waals surface area (Å²) in [7, 11) is 0. The van der Waals surface area contributed by atoms with Crippen molar-refractivity contribution in [2.24, 2.45) is 0 Å². The number of amides is 1. The first-order valence-corrected chi connectivity index (χ1v) is 9.88. The molecule has 0 spiro atoms. The second-order valence-corrected chi connectivity index (χ2v) is 8.75. The Hall–Kier alpha value is -1.63. The number of thioether (sulfide) groups is 1. The van der Waals surface area contributed by atoms with Crippen LogP contribution in [0, 0.1) is 11.3 Å². The lowest BCUT2D eigenvalue weighted by Crippen LogP contribution is -2.27. The summed E-state index contributed by atoms with van der Waals surface area (Å²) < 4.78 is 0.819. The summed E-state index contributed by atoms with van der Waals surface area (Å²) in [5.74, 6) is 0.0563. The van der Waals surface area contributed by atoms with E-state index in [0.29, 0.717) is 18.2 Å². The van der Waals surface area contributed by atoms with E-state index in [2.05, 4.69) is 21.6 Å². The van der Waals surface area contributed by atoms with Crippen molar-refractivity contribution in [1.29, 1.82) is 5.26 Å². The second kappa shape index (κ2) is 6.11. The van der Waals surface area contributed by atoms with Crippen molar-refractivity contribution in [3.8, 4) is 6.07 Å². The maximum Gasteiger partial charge on any atom is 0.241 e. The predicted molar refractivity (Wildman–Crippen MR) is 92.2 cm³/mol. The molecule has 4 rings (SSSR count). The number of rotatable bonds is 5. The molecular formula is C14H13N5OS3. The van der Waals surface area contributed by atoms with Crippen LogP contribution in [0.3, 0.4) is 0 Å². The summed E-state index contributed by atoms with van der Waals surface area (Å²) >= 11 is 4.42. The molecule has 2 aromatic heterocycles. The van der Waals surface area contributed by atoms with Crippen molar-refractivity contribution >= 4 is 50.5 Å². The largest absolute Gasteiger partial charge is 0.357 e. The molecular weight excluding hydrogens is 350 g/mol. The van der Waals surface area contributed by atoms with Crippen LogP contribution in [-0.2, 0) is 4.79 Å². The first-order valence-electron chi connectivity index (χ1n) is 7.30. The molecule has 0 aromatic carbocycles. The van der Waals surface area contributed by atoms with E-state index in [4.69, 9.17) is 5.26 Å². The standard InChI is InChI=1S/C14H13N5OS3/c15-7-8-4-6-21-12(8)19-5-3-10(11(19)20)22-14-18-17-13(23-14)16-9-1-2-9/h4,6,9-10H,1-3,5H2,(H,16,17). The summed E-state index contributed by atoms with van der Waals surface area (Å²) in [6, 6.07) is 4.45. The zero-order valence-electron chi connectivity index (χ0n) is 12.1. The number of hydrogen-bond acceptors (Lipinski definition) is 8. The summed E-state index contributed by atoms with van der Waals surface area (Å²) in [5.41, 5.74) is 0.570. The Bertz CT molecular complexity index is 775. The van der Waals surface area contributed by atoms with Crippen LogP contribution in [-0.4, -0.2) is 33.9 Å². The van der Waals surface area contributed by atoms with Gasteiger partial charge in [0.15, 0.2) is 4.34 Å². The first kappa shape index (κ1) is 14.9. The summed E-state index contributed by atoms with van der Waals surface area (Å²) in [4.78, 5) is 14.3. The predicted octanol–water partition coefficient (Wildman–Crippen LogP) is 2.94. The van der Waals surface area contributed by atoms with Crippen molar-refractivity contribution in [2.75, 3.05) is 16.8 Å². The monoisotopic (exact) mass is 363 g/mol. The van der Waals surface area contributed by atoms with Crippen LogP contribution >= 0.6 is 34.4 Å². The highest BCUT2D eigenvalue weighted by atomic mass is 32.2. The topological polar surface area (TPSA) is 81.9 Å². The number of aromatic nitrogens is 2. The van der Waals surface area contributed by atoms with E-state index in [1.165, 1.54) is 47.3 Å². The van der Waals surface area contributed by atoms with Crippen LogP contribution < -0.4 is 10.2 Å². The number of carbonyl (C=O) groups is 1. The van der Waals surface area contributed by atoms with Crippen molar-refractivity contribution in [3.05, 3.63) is 17.0 Å². The van der Waals surface area contributed by atoms with E-state index in [1.54, 1.807) is 11.0 Å². The molecule has 3 heterocycles. The Balaban J connectivity index is 1.43. The Morgan fingerprint density at radius 2 is 2.26 bits per heavy atom. The number of nitriles is 1. The lowest BCUT2D eigenvalue weighted by molar-refractivity contribution is -0.116. The van der Waals surface area contributed by atoms with E-state index in [9.17, 15) is 4.79 Å². The van der Waals surface area contributed by atoms with Gasteiger partial charge in [-0.2, -0.15) is 5.26 Å². The maximum absolute atomic E-state index is 12.6. The third kappa shape index (κ3) is 3.06. The maximum atomic E-state index is 12.6. The van der Waals surface area contributed by atoms with E-state index in [1.807, 2.05) is 5.38 Å². The van der Waals surface area contributed by atoms with Crippen molar-refractivity contribution in [1.82, 2.24) is 10.2 Å². The molecule has 1 aliphatic carbocycles. The third-order valence-electron chi connectivity index (χ3n) is 3.72. The van der Waals surface area contributed by atoms with Gasteiger partial charge in [-0.25, -0.2) is 0 Å². The third-order valence-corrected chi connectivity index (χ3v) is 6.85. The fraction of sp³-hybridized carbons (Fsp3) is 0.429. The highest BCUT2D eigenvalue weighted by molar-refractivity contribution is 8.02. The van der Waals surface area contributed by atoms with Gasteiger partial charge in [0.05, 0.1) is 10.8 Å². The molecule has 6 nitrogen and oxygen atoms in total. The molecule has 1 saturated carbocycles. The molecule has 2 aromatic rings. The SMILES string of the molecule is N#Cc1ccsc1N1CCC(Sc2nnc(NC3CC3)s2)C1=O. The number of thiophene rings is 1. The van der Waals surface area contributed by atoms with Gasteiger partial charge in [-0.1, -0.05) is 23.1 Å². The summed E-state index contributed by atoms with van der Waals surface area (Å²) in [5, 5.41) is 24.0. The van der Waals surface area contributed by atoms with Gasteiger partial charge in [0.1, 0.15) is 11.1 Å². The van der Waals surface area contributed by atoms with Crippen molar-refractivity contribution in [3.63, 3.8) is 0 Å². The van der Waals surface area contributed by atoms with Gasteiger partial charge < -0.3 is 10.2 Å². The van der Waals surface area contributed by atoms with Gasteiger partial charge in [0.25, 0.3) is 0 Å². The molecule has 1 amide bonds. The van der Waals surface area contributed by atoms with Crippen LogP contribution in [0.15, 0.2) is 15.8 Å². The Morgan fingerprint density at radius 3 is 3.04 bits per heavy atom. The van der Waals surface area contributed by atoms with Crippen LogP contribution in [0.2, 0.25) is 0 Å². The zero-order chi connectivity index (χ0) is 15.8. The van der Waals surface area contributed by atoms with Crippen LogP contribution in [0.1, 0.15) is 24.8 Å². The number of anilines is 2. The molecule has 1 saturated heterocycles. The smallest absolute Gasteiger partial charge is 0.241 e. The Kier molecular flexibility index (Phi) is 3.97. The Morgan fingerprint density at radius 1 is 1.39 bits per heavy atom. The molecule has 1 atom stereocenters. The molecule has 2 fully saturated rings. The van der Waals surface area contributed by atoms with Crippen LogP contribution in [0.25, 0.3) is 0 Å². The summed E-state index contributed by atoms with van der Waals surface area (Å²) in [6.07, 6.45) is 3.15. The highest BCUT2D eigenvalue weighted by Crippen LogP contribution is 2.38. The van der Waals surface area contributed by atoms with Crippen molar-refractivity contribution < 1.29 is 4.79 Å². The molecule has 118 valence electrons. The van der Waals surface area contributed by atoms with Gasteiger partial charge in [0, 0.05) is 12.6 Å². The van der Waals surface area contributed by atoms with E-state index in [-0.39, 0.29) is 11.2 Å². The first-order chi connectivity index (χ1) is 11.2. The Labute approximate surface area is 145 Å². The number of nitrogens with zero attached hydrogens (tertiary/aromatic N) is 4. The molecule has 9 heteroatoms. The normalized spacial score (nSPS) is 20.7. The minimum absolute atomic E-state index is 0.0563. The molecule has 2 aliphatic rings. The number of hydrogen-bond donors (Lipinski definition) is 1. The van der Waals surface area contributed by atoms with Gasteiger partial charge in [-0.15, -0.1) is 21.5 Å². The molecule has 1 N–H and O–H groups in total. The van der Waals surface area contributed by atoms with Gasteiger partial charge >= 0.3 is 0 Å². The quantitative estimate of drug-likeness (QED) is 0.879. The average Bonchev–Trinajstić information content (AvgIpc) is 2.94. The van der Waals surface area contributed by atoms with E-state index < -0.39 is 0 Å². The van der Waals surface area contributed by atoms with Crippen molar-refractivity contribution in [2.45, 2.75) is 34.9 Å². The zero-order valence-corrected chi connectivity index (χ0v) is 14.5. The van der Waals surface area contributed by atoms with Gasteiger partial charge in [-0.05, 0) is 30.7 Å². The summed E-state index contributed by atoms with van der Waals surface area (Å²) in [6.45, 7) is 0.650. The minimum Gasteiger partial charge on any atom is -0.357 e. The lowest BCUT2D eigenvalue weighted by Gasteiger charge is -2.14. The molecule has 0 radical (unpaired) electrons. The molecule has 23 heavy (non-hydrogen) atoms.